The summed E-state index contributed by atoms with van der Waals surface area (Å²) in [5.74, 6) is -2.02. The summed E-state index contributed by atoms with van der Waals surface area (Å²) in [6.45, 7) is 3.98. The van der Waals surface area contributed by atoms with E-state index in [0.717, 1.165) is 12.8 Å². The lowest BCUT2D eigenvalue weighted by molar-refractivity contribution is -0.149. The highest BCUT2D eigenvalue weighted by atomic mass is 16.4. The van der Waals surface area contributed by atoms with E-state index in [1.807, 2.05) is 5.32 Å². The molecule has 8 heteroatoms. The van der Waals surface area contributed by atoms with Crippen LogP contribution in [0.3, 0.4) is 0 Å². The molecule has 1 heterocycles. The Morgan fingerprint density at radius 2 is 1.71 bits per heavy atom. The van der Waals surface area contributed by atoms with Crippen molar-refractivity contribution in [1.29, 1.82) is 0 Å². The number of imide groups is 1. The van der Waals surface area contributed by atoms with Crippen molar-refractivity contribution in [2.24, 2.45) is 5.41 Å². The van der Waals surface area contributed by atoms with E-state index in [-0.39, 0.29) is 18.9 Å². The average molecular weight is 299 g/mol. The quantitative estimate of drug-likeness (QED) is 0.657. The molecule has 0 unspecified atom stereocenters. The highest BCUT2D eigenvalue weighted by Crippen LogP contribution is 2.19. The highest BCUT2D eigenvalue weighted by Gasteiger charge is 2.30. The van der Waals surface area contributed by atoms with Crippen LogP contribution in [0.2, 0.25) is 0 Å². The molecule has 0 bridgehead atoms. The molecule has 0 aliphatic carbocycles. The van der Waals surface area contributed by atoms with Crippen molar-refractivity contribution >= 4 is 23.8 Å². The third-order valence-corrected chi connectivity index (χ3v) is 3.29. The third kappa shape index (κ3) is 5.41. The first kappa shape index (κ1) is 16.9. The molecule has 21 heavy (non-hydrogen) atoms. The maximum atomic E-state index is 11.7. The molecule has 0 radical (unpaired) electrons. The van der Waals surface area contributed by atoms with Crippen LogP contribution in [0.25, 0.3) is 0 Å². The molecule has 1 fully saturated rings. The molecule has 8 nitrogen and oxygen atoms in total. The van der Waals surface area contributed by atoms with Gasteiger partial charge in [-0.05, 0) is 26.7 Å². The average Bonchev–Trinajstić information content (AvgIpc) is 2.88. The summed E-state index contributed by atoms with van der Waals surface area (Å²) in [6, 6.07) is -0.797. The second-order valence-corrected chi connectivity index (χ2v) is 5.68. The van der Waals surface area contributed by atoms with Gasteiger partial charge in [0.05, 0.1) is 12.0 Å². The molecule has 1 rings (SSSR count). The lowest BCUT2D eigenvalue weighted by atomic mass is 9.89. The van der Waals surface area contributed by atoms with Gasteiger partial charge in [-0.15, -0.1) is 0 Å². The van der Waals surface area contributed by atoms with Crippen LogP contribution in [-0.2, 0) is 14.4 Å². The Labute approximate surface area is 122 Å². The van der Waals surface area contributed by atoms with Gasteiger partial charge < -0.3 is 15.3 Å². The lowest BCUT2D eigenvalue weighted by Gasteiger charge is -2.18. The number of carbonyl (C=O) groups excluding carboxylic acids is 3. The number of hydrogen-bond acceptors (Lipinski definition) is 4. The van der Waals surface area contributed by atoms with Crippen LogP contribution in [-0.4, -0.2) is 53.5 Å². The van der Waals surface area contributed by atoms with Gasteiger partial charge in [0, 0.05) is 19.5 Å². The zero-order chi connectivity index (χ0) is 16.0. The van der Waals surface area contributed by atoms with E-state index < -0.39 is 23.3 Å². The standard InChI is InChI=1S/C13H21N3O5/c1-13(2,11(19)20)7-9(17)15-12(21)14-8-10(18)16-5-3-4-6-16/h3-8H2,1-2H3,(H,19,20)(H2,14,15,17,21). The first-order chi connectivity index (χ1) is 9.72. The van der Waals surface area contributed by atoms with Crippen molar-refractivity contribution in [3.05, 3.63) is 0 Å². The molecule has 0 aromatic heterocycles. The molecule has 0 aromatic rings. The summed E-state index contributed by atoms with van der Waals surface area (Å²) in [5.41, 5.74) is -1.25. The smallest absolute Gasteiger partial charge is 0.321 e. The van der Waals surface area contributed by atoms with Gasteiger partial charge in [-0.3, -0.25) is 19.7 Å². The van der Waals surface area contributed by atoms with Crippen LogP contribution in [0.15, 0.2) is 0 Å². The number of carbonyl (C=O) groups is 4. The first-order valence-corrected chi connectivity index (χ1v) is 6.81. The number of carboxylic acids is 1. The summed E-state index contributed by atoms with van der Waals surface area (Å²) < 4.78 is 0. The topological polar surface area (TPSA) is 116 Å². The molecule has 1 aliphatic rings. The molecular formula is C13H21N3O5. The molecule has 0 saturated carbocycles. The fourth-order valence-corrected chi connectivity index (χ4v) is 1.93. The van der Waals surface area contributed by atoms with Crippen LogP contribution in [0.5, 0.6) is 0 Å². The predicted molar refractivity (Wildman–Crippen MR) is 73.4 cm³/mol. The van der Waals surface area contributed by atoms with Crippen LogP contribution in [0.1, 0.15) is 33.1 Å². The normalized spacial score (nSPS) is 14.7. The van der Waals surface area contributed by atoms with Crippen molar-refractivity contribution < 1.29 is 24.3 Å². The number of rotatable bonds is 5. The molecule has 0 aromatic carbocycles. The lowest BCUT2D eigenvalue weighted by Crippen LogP contribution is -2.46. The minimum absolute atomic E-state index is 0.179. The van der Waals surface area contributed by atoms with Gasteiger partial charge in [-0.1, -0.05) is 0 Å². The molecule has 0 atom stereocenters. The van der Waals surface area contributed by atoms with Crippen LogP contribution >= 0.6 is 0 Å². The zero-order valence-corrected chi connectivity index (χ0v) is 12.3. The van der Waals surface area contributed by atoms with E-state index in [4.69, 9.17) is 5.11 Å². The number of nitrogens with one attached hydrogen (secondary N) is 2. The largest absolute Gasteiger partial charge is 0.481 e. The van der Waals surface area contributed by atoms with E-state index >= 15 is 0 Å². The Bertz CT molecular complexity index is 441. The molecule has 1 saturated heterocycles. The Morgan fingerprint density at radius 3 is 2.24 bits per heavy atom. The van der Waals surface area contributed by atoms with Crippen molar-refractivity contribution in [2.45, 2.75) is 33.1 Å². The third-order valence-electron chi connectivity index (χ3n) is 3.29. The maximum Gasteiger partial charge on any atom is 0.321 e. The first-order valence-electron chi connectivity index (χ1n) is 6.81. The Hall–Kier alpha value is -2.12. The van der Waals surface area contributed by atoms with E-state index in [1.165, 1.54) is 13.8 Å². The number of carboxylic acid groups (broad SMARTS) is 1. The van der Waals surface area contributed by atoms with Gasteiger partial charge in [-0.2, -0.15) is 0 Å². The van der Waals surface area contributed by atoms with Crippen molar-refractivity contribution in [1.82, 2.24) is 15.5 Å². The molecule has 1 aliphatic heterocycles. The summed E-state index contributed by atoms with van der Waals surface area (Å²) in [4.78, 5) is 47.2. The second kappa shape index (κ2) is 7.05. The number of hydrogen-bond donors (Lipinski definition) is 3. The fraction of sp³-hybridized carbons (Fsp3) is 0.692. The van der Waals surface area contributed by atoms with Gasteiger partial charge in [0.1, 0.15) is 0 Å². The van der Waals surface area contributed by atoms with E-state index in [9.17, 15) is 19.2 Å². The maximum absolute atomic E-state index is 11.7. The number of aliphatic carboxylic acids is 1. The van der Waals surface area contributed by atoms with E-state index in [1.54, 1.807) is 4.90 Å². The number of urea groups is 1. The number of amides is 4. The fourth-order valence-electron chi connectivity index (χ4n) is 1.93. The molecule has 0 spiro atoms. The van der Waals surface area contributed by atoms with Crippen molar-refractivity contribution in [2.75, 3.05) is 19.6 Å². The number of nitrogens with zero attached hydrogens (tertiary/aromatic N) is 1. The summed E-state index contributed by atoms with van der Waals surface area (Å²) in [6.07, 6.45) is 1.59. The van der Waals surface area contributed by atoms with Crippen molar-refractivity contribution in [3.8, 4) is 0 Å². The SMILES string of the molecule is CC(C)(CC(=O)NC(=O)NCC(=O)N1CCCC1)C(=O)O. The van der Waals surface area contributed by atoms with Crippen LogP contribution in [0, 0.1) is 5.41 Å². The Morgan fingerprint density at radius 1 is 1.14 bits per heavy atom. The van der Waals surface area contributed by atoms with Crippen molar-refractivity contribution in [3.63, 3.8) is 0 Å². The summed E-state index contributed by atoms with van der Waals surface area (Å²) >= 11 is 0. The molecular weight excluding hydrogens is 278 g/mol. The predicted octanol–water partition coefficient (Wildman–Crippen LogP) is -0.0645. The van der Waals surface area contributed by atoms with Gasteiger partial charge >= 0.3 is 12.0 Å². The van der Waals surface area contributed by atoms with Gasteiger partial charge in [0.25, 0.3) is 0 Å². The molecule has 3 N–H and O–H groups in total. The van der Waals surface area contributed by atoms with E-state index in [0.29, 0.717) is 13.1 Å². The van der Waals surface area contributed by atoms with Crippen LogP contribution in [0.4, 0.5) is 4.79 Å². The van der Waals surface area contributed by atoms with E-state index in [2.05, 4.69) is 5.32 Å². The van der Waals surface area contributed by atoms with Gasteiger partial charge in [0.2, 0.25) is 11.8 Å². The number of likely N-dealkylation sites (tertiary alicyclic amines) is 1. The Balaban J connectivity index is 2.31. The zero-order valence-electron chi connectivity index (χ0n) is 12.3. The molecule has 4 amide bonds. The van der Waals surface area contributed by atoms with Gasteiger partial charge in [-0.25, -0.2) is 4.79 Å². The monoisotopic (exact) mass is 299 g/mol. The van der Waals surface area contributed by atoms with Crippen LogP contribution < -0.4 is 10.6 Å². The molecule has 118 valence electrons. The second-order valence-electron chi connectivity index (χ2n) is 5.68. The Kier molecular flexibility index (Phi) is 5.69. The minimum Gasteiger partial charge on any atom is -0.481 e. The summed E-state index contributed by atoms with van der Waals surface area (Å²) in [5, 5.41) is 13.2. The van der Waals surface area contributed by atoms with Gasteiger partial charge in [0.15, 0.2) is 0 Å². The summed E-state index contributed by atoms with van der Waals surface area (Å²) in [7, 11) is 0. The minimum atomic E-state index is -1.25. The highest BCUT2D eigenvalue weighted by molar-refractivity contribution is 5.97.